The molecule has 0 aliphatic carbocycles. The first kappa shape index (κ1) is 22.4. The van der Waals surface area contributed by atoms with Crippen molar-refractivity contribution in [2.75, 3.05) is 22.9 Å². The largest absolute Gasteiger partial charge is 0.479 e. The Morgan fingerprint density at radius 1 is 1.13 bits per heavy atom. The van der Waals surface area contributed by atoms with Crippen LogP contribution in [0.2, 0.25) is 0 Å². The number of carboxylic acid groups (broad SMARTS) is 1. The zero-order valence-corrected chi connectivity index (χ0v) is 18.4. The molecule has 1 heterocycles. The highest BCUT2D eigenvalue weighted by atomic mass is 32.2. The van der Waals surface area contributed by atoms with Crippen molar-refractivity contribution in [2.24, 2.45) is 0 Å². The van der Waals surface area contributed by atoms with Gasteiger partial charge in [-0.1, -0.05) is 18.2 Å². The van der Waals surface area contributed by atoms with E-state index in [-0.39, 0.29) is 10.1 Å². The van der Waals surface area contributed by atoms with E-state index in [1.807, 2.05) is 12.1 Å². The number of para-hydroxylation sites is 1. The van der Waals surface area contributed by atoms with Crippen molar-refractivity contribution in [3.05, 3.63) is 59.0 Å². The van der Waals surface area contributed by atoms with Gasteiger partial charge in [0.05, 0.1) is 10.6 Å². The molecule has 2 aromatic rings. The summed E-state index contributed by atoms with van der Waals surface area (Å²) in [6.07, 6.45) is 0.507. The zero-order chi connectivity index (χ0) is 22.5. The predicted molar refractivity (Wildman–Crippen MR) is 123 cm³/mol. The summed E-state index contributed by atoms with van der Waals surface area (Å²) >= 11 is 0.841. The summed E-state index contributed by atoms with van der Waals surface area (Å²) in [5, 5.41) is 8.70. The number of nitrogens with zero attached hydrogens (tertiary/aromatic N) is 2. The van der Waals surface area contributed by atoms with Crippen LogP contribution >= 0.6 is 11.8 Å². The van der Waals surface area contributed by atoms with Gasteiger partial charge in [0.25, 0.3) is 11.1 Å². The summed E-state index contributed by atoms with van der Waals surface area (Å²) in [5.74, 6) is -1.19. The number of aliphatic carboxylic acids is 1. The summed E-state index contributed by atoms with van der Waals surface area (Å²) in [7, 11) is 0. The highest BCUT2D eigenvalue weighted by Gasteiger charge is 2.36. The molecule has 0 radical (unpaired) electrons. The molecule has 1 fully saturated rings. The lowest BCUT2D eigenvalue weighted by molar-refractivity contribution is -0.144. The van der Waals surface area contributed by atoms with Crippen LogP contribution in [-0.2, 0) is 9.59 Å². The molecule has 0 bridgehead atoms. The topological polar surface area (TPSA) is 87.2 Å². The van der Waals surface area contributed by atoms with Crippen LogP contribution in [0.1, 0.15) is 26.3 Å². The normalized spacial score (nSPS) is 16.0. The van der Waals surface area contributed by atoms with Gasteiger partial charge in [0, 0.05) is 24.3 Å². The van der Waals surface area contributed by atoms with Gasteiger partial charge in [-0.25, -0.2) is 9.69 Å². The highest BCUT2D eigenvalue weighted by molar-refractivity contribution is 8.19. The number of hydrogen-bond acceptors (Lipinski definition) is 6. The Morgan fingerprint density at radius 3 is 2.39 bits per heavy atom. The summed E-state index contributed by atoms with van der Waals surface area (Å²) in [4.78, 5) is 40.2. The molecule has 0 aromatic heterocycles. The maximum atomic E-state index is 13.0. The number of carboxylic acids is 1. The predicted octanol–water partition coefficient (Wildman–Crippen LogP) is 4.63. The molecule has 1 saturated heterocycles. The van der Waals surface area contributed by atoms with Crippen molar-refractivity contribution in [3.8, 4) is 5.75 Å². The number of thioether (sulfide) groups is 1. The van der Waals surface area contributed by atoms with Crippen LogP contribution in [0.25, 0.3) is 6.08 Å². The van der Waals surface area contributed by atoms with Gasteiger partial charge in [-0.05, 0) is 68.9 Å². The van der Waals surface area contributed by atoms with E-state index >= 15 is 0 Å². The number of rotatable bonds is 8. The van der Waals surface area contributed by atoms with Gasteiger partial charge in [0.15, 0.2) is 6.10 Å². The monoisotopic (exact) mass is 440 g/mol. The summed E-state index contributed by atoms with van der Waals surface area (Å²) in [6, 6.07) is 14.1. The number of ether oxygens (including phenoxy) is 1. The molecule has 1 unspecified atom stereocenters. The fourth-order valence-corrected chi connectivity index (χ4v) is 4.01. The Kier molecular flexibility index (Phi) is 7.02. The van der Waals surface area contributed by atoms with Crippen LogP contribution in [-0.4, -0.2) is 41.4 Å². The molecule has 1 N–H and O–H groups in total. The first-order valence-electron chi connectivity index (χ1n) is 9.97. The number of amides is 2. The van der Waals surface area contributed by atoms with E-state index in [1.54, 1.807) is 42.5 Å². The van der Waals surface area contributed by atoms with Crippen molar-refractivity contribution in [1.29, 1.82) is 0 Å². The second-order valence-corrected chi connectivity index (χ2v) is 7.84. The molecule has 0 spiro atoms. The Bertz CT molecular complexity index is 1010. The lowest BCUT2D eigenvalue weighted by atomic mass is 10.1. The Labute approximate surface area is 185 Å². The number of carbonyl (C=O) groups is 3. The van der Waals surface area contributed by atoms with Crippen LogP contribution in [0.3, 0.4) is 0 Å². The van der Waals surface area contributed by atoms with E-state index in [4.69, 9.17) is 9.84 Å². The van der Waals surface area contributed by atoms with Crippen molar-refractivity contribution in [2.45, 2.75) is 26.9 Å². The van der Waals surface area contributed by atoms with Gasteiger partial charge in [0.1, 0.15) is 5.75 Å². The Morgan fingerprint density at radius 2 is 1.77 bits per heavy atom. The molecule has 7 nitrogen and oxygen atoms in total. The van der Waals surface area contributed by atoms with Crippen molar-refractivity contribution in [3.63, 3.8) is 0 Å². The zero-order valence-electron chi connectivity index (χ0n) is 17.6. The molecule has 2 aromatic carbocycles. The van der Waals surface area contributed by atoms with Gasteiger partial charge in [-0.3, -0.25) is 9.59 Å². The molecular weight excluding hydrogens is 416 g/mol. The number of imide groups is 1. The van der Waals surface area contributed by atoms with E-state index in [0.29, 0.717) is 17.0 Å². The first-order valence-corrected chi connectivity index (χ1v) is 10.8. The maximum Gasteiger partial charge on any atom is 0.344 e. The lowest BCUT2D eigenvalue weighted by Crippen LogP contribution is -2.28. The Hall–Kier alpha value is -3.26. The minimum Gasteiger partial charge on any atom is -0.479 e. The molecule has 2 amide bonds. The van der Waals surface area contributed by atoms with Crippen molar-refractivity contribution in [1.82, 2.24) is 0 Å². The van der Waals surface area contributed by atoms with Gasteiger partial charge < -0.3 is 14.7 Å². The quantitative estimate of drug-likeness (QED) is 0.599. The molecule has 162 valence electrons. The molecule has 1 atom stereocenters. The lowest BCUT2D eigenvalue weighted by Gasteiger charge is -2.22. The van der Waals surface area contributed by atoms with Gasteiger partial charge >= 0.3 is 5.97 Å². The maximum absolute atomic E-state index is 13.0. The average molecular weight is 441 g/mol. The van der Waals surface area contributed by atoms with Gasteiger partial charge in [0.2, 0.25) is 0 Å². The van der Waals surface area contributed by atoms with Crippen LogP contribution in [0.5, 0.6) is 5.75 Å². The molecule has 3 rings (SSSR count). The number of hydrogen-bond donors (Lipinski definition) is 1. The third-order valence-corrected chi connectivity index (χ3v) is 5.76. The van der Waals surface area contributed by atoms with Crippen LogP contribution in [0.15, 0.2) is 53.4 Å². The van der Waals surface area contributed by atoms with Crippen molar-refractivity contribution >= 4 is 46.3 Å². The summed E-state index contributed by atoms with van der Waals surface area (Å²) in [5.41, 5.74) is 2.05. The molecule has 0 saturated carbocycles. The minimum atomic E-state index is -1.09. The van der Waals surface area contributed by atoms with Crippen molar-refractivity contribution < 1.29 is 24.2 Å². The fraction of sp³-hybridized carbons (Fsp3) is 0.261. The van der Waals surface area contributed by atoms with E-state index in [2.05, 4.69) is 18.7 Å². The van der Waals surface area contributed by atoms with E-state index < -0.39 is 18.0 Å². The second-order valence-electron chi connectivity index (χ2n) is 6.84. The van der Waals surface area contributed by atoms with Crippen LogP contribution < -0.4 is 14.5 Å². The van der Waals surface area contributed by atoms with Gasteiger partial charge in [-0.2, -0.15) is 0 Å². The summed E-state index contributed by atoms with van der Waals surface area (Å²) in [6.45, 7) is 7.29. The molecular formula is C23H24N2O5S. The van der Waals surface area contributed by atoms with Gasteiger partial charge in [-0.15, -0.1) is 0 Å². The second kappa shape index (κ2) is 9.70. The first-order chi connectivity index (χ1) is 14.8. The minimum absolute atomic E-state index is 0.247. The van der Waals surface area contributed by atoms with E-state index in [1.165, 1.54) is 6.92 Å². The summed E-state index contributed by atoms with van der Waals surface area (Å²) < 4.78 is 5.48. The standard InChI is InChI=1S/C23H24N2O5S/c1-4-24(5-2)17-10-12-18(13-11-17)25-21(26)20(31-23(25)29)14-16-8-6-7-9-19(16)30-15(3)22(27)28/h6-15H,4-5H2,1-3H3,(H,27,28)/b20-14+. The molecule has 1 aliphatic heterocycles. The SMILES string of the molecule is CCN(CC)c1ccc(N2C(=O)S/C(=C/c3ccccc3OC(C)C(=O)O)C2=O)cc1. The van der Waals surface area contributed by atoms with Crippen LogP contribution in [0.4, 0.5) is 16.2 Å². The van der Waals surface area contributed by atoms with Crippen LogP contribution in [0, 0.1) is 0 Å². The number of anilines is 2. The third kappa shape index (κ3) is 4.91. The molecule has 31 heavy (non-hydrogen) atoms. The highest BCUT2D eigenvalue weighted by Crippen LogP contribution is 2.37. The molecule has 1 aliphatic rings. The Balaban J connectivity index is 1.86. The smallest absolute Gasteiger partial charge is 0.344 e. The molecule has 8 heteroatoms. The number of carbonyl (C=O) groups excluding carboxylic acids is 2. The average Bonchev–Trinajstić information content (AvgIpc) is 3.03. The fourth-order valence-electron chi connectivity index (χ4n) is 3.18. The third-order valence-electron chi connectivity index (χ3n) is 4.89. The van der Waals surface area contributed by atoms with E-state index in [9.17, 15) is 14.4 Å². The van der Waals surface area contributed by atoms with E-state index in [0.717, 1.165) is 35.4 Å². The number of benzene rings is 2.